The van der Waals surface area contributed by atoms with Gasteiger partial charge in [0.15, 0.2) is 17.3 Å². The fourth-order valence-electron chi connectivity index (χ4n) is 3.52. The zero-order chi connectivity index (χ0) is 20.7. The summed E-state index contributed by atoms with van der Waals surface area (Å²) in [6, 6.07) is 16.9. The number of hydrogen-bond donors (Lipinski definition) is 1. The molecule has 0 aliphatic carbocycles. The molecule has 1 amide bonds. The Labute approximate surface area is 173 Å². The Balaban J connectivity index is 1.58. The van der Waals surface area contributed by atoms with E-state index in [1.165, 1.54) is 0 Å². The highest BCUT2D eigenvalue weighted by atomic mass is 16.6. The van der Waals surface area contributed by atoms with Gasteiger partial charge >= 0.3 is 0 Å². The minimum Gasteiger partial charge on any atom is -0.486 e. The number of aryl methyl sites for hydroxylation is 2. The van der Waals surface area contributed by atoms with Crippen LogP contribution >= 0.6 is 0 Å². The number of benzene rings is 2. The summed E-state index contributed by atoms with van der Waals surface area (Å²) < 4.78 is 13.0. The molecule has 30 heavy (non-hydrogen) atoms. The average molecular weight is 400 g/mol. The first-order valence-electron chi connectivity index (χ1n) is 9.70. The summed E-state index contributed by atoms with van der Waals surface area (Å²) >= 11 is 0. The van der Waals surface area contributed by atoms with Gasteiger partial charge in [0.1, 0.15) is 13.2 Å². The van der Waals surface area contributed by atoms with E-state index >= 15 is 0 Å². The lowest BCUT2D eigenvalue weighted by atomic mass is 10.0. The molecule has 4 aromatic rings. The maximum absolute atomic E-state index is 13.1. The summed E-state index contributed by atoms with van der Waals surface area (Å²) in [7, 11) is 1.84. The van der Waals surface area contributed by atoms with Crippen molar-refractivity contribution in [1.29, 1.82) is 0 Å². The van der Waals surface area contributed by atoms with E-state index in [9.17, 15) is 4.79 Å². The molecule has 7 nitrogen and oxygen atoms in total. The van der Waals surface area contributed by atoms with Crippen molar-refractivity contribution in [3.63, 3.8) is 0 Å². The summed E-state index contributed by atoms with van der Waals surface area (Å²) in [6.45, 7) is 2.99. The molecule has 5 rings (SSSR count). The number of nitrogens with one attached hydrogen (secondary N) is 1. The van der Waals surface area contributed by atoms with Crippen LogP contribution in [-0.2, 0) is 7.05 Å². The summed E-state index contributed by atoms with van der Waals surface area (Å²) in [5.74, 6) is 1.69. The number of carbonyl (C=O) groups excluding carboxylic acids is 1. The number of nitrogens with zero attached hydrogens (tertiary/aromatic N) is 3. The number of rotatable bonds is 3. The number of para-hydroxylation sites is 1. The average Bonchev–Trinajstić information content (AvgIpc) is 3.09. The Morgan fingerprint density at radius 1 is 1.03 bits per heavy atom. The number of aromatic nitrogens is 3. The normalized spacial score (nSPS) is 12.7. The fraction of sp³-hybridized carbons (Fsp3) is 0.174. The Bertz CT molecular complexity index is 1260. The van der Waals surface area contributed by atoms with Crippen molar-refractivity contribution in [1.82, 2.24) is 14.8 Å². The van der Waals surface area contributed by atoms with Crippen LogP contribution in [0.1, 0.15) is 16.1 Å². The second kappa shape index (κ2) is 7.18. The summed E-state index contributed by atoms with van der Waals surface area (Å²) in [5, 5.41) is 8.00. The number of hydrogen-bond acceptors (Lipinski definition) is 5. The molecule has 0 spiro atoms. The van der Waals surface area contributed by atoms with Gasteiger partial charge in [-0.15, -0.1) is 0 Å². The fourth-order valence-corrected chi connectivity index (χ4v) is 3.52. The molecule has 2 aromatic carbocycles. The van der Waals surface area contributed by atoms with Gasteiger partial charge < -0.3 is 14.8 Å². The molecular formula is C23H20N4O3. The maximum Gasteiger partial charge on any atom is 0.257 e. The summed E-state index contributed by atoms with van der Waals surface area (Å²) in [6.07, 6.45) is 0. The minimum absolute atomic E-state index is 0.231. The Kier molecular flexibility index (Phi) is 4.35. The molecule has 0 saturated carbocycles. The second-order valence-corrected chi connectivity index (χ2v) is 7.18. The molecular weight excluding hydrogens is 380 g/mol. The first kappa shape index (κ1) is 18.2. The maximum atomic E-state index is 13.1. The van der Waals surface area contributed by atoms with Gasteiger partial charge in [0.05, 0.1) is 16.8 Å². The summed E-state index contributed by atoms with van der Waals surface area (Å²) in [5.41, 5.74) is 3.78. The van der Waals surface area contributed by atoms with Gasteiger partial charge in [-0.25, -0.2) is 4.98 Å². The molecule has 7 heteroatoms. The molecule has 0 radical (unpaired) electrons. The van der Waals surface area contributed by atoms with Gasteiger partial charge in [-0.1, -0.05) is 18.2 Å². The molecule has 0 fully saturated rings. The molecule has 1 aliphatic heterocycles. The van der Waals surface area contributed by atoms with E-state index in [1.807, 2.05) is 62.5 Å². The van der Waals surface area contributed by atoms with Crippen molar-refractivity contribution in [2.75, 3.05) is 18.5 Å². The minimum atomic E-state index is -0.231. The monoisotopic (exact) mass is 400 g/mol. The third-order valence-electron chi connectivity index (χ3n) is 5.15. The van der Waals surface area contributed by atoms with Crippen LogP contribution in [0.25, 0.3) is 22.2 Å². The van der Waals surface area contributed by atoms with Crippen LogP contribution in [0, 0.1) is 6.92 Å². The smallest absolute Gasteiger partial charge is 0.257 e. The molecule has 0 unspecified atom stereocenters. The number of fused-ring (bicyclic) bond motifs is 2. The van der Waals surface area contributed by atoms with Crippen LogP contribution < -0.4 is 14.8 Å². The Hall–Kier alpha value is -3.87. The van der Waals surface area contributed by atoms with Crippen LogP contribution in [0.4, 0.5) is 5.82 Å². The Morgan fingerprint density at radius 2 is 1.83 bits per heavy atom. The second-order valence-electron chi connectivity index (χ2n) is 7.18. The van der Waals surface area contributed by atoms with Gasteiger partial charge in [0.25, 0.3) is 5.91 Å². The molecule has 0 atom stereocenters. The lowest BCUT2D eigenvalue weighted by Crippen LogP contribution is -2.15. The number of ether oxygens (including phenoxy) is 2. The largest absolute Gasteiger partial charge is 0.486 e. The highest BCUT2D eigenvalue weighted by Gasteiger charge is 2.17. The van der Waals surface area contributed by atoms with E-state index < -0.39 is 0 Å². The lowest BCUT2D eigenvalue weighted by molar-refractivity contribution is 0.102. The molecule has 1 N–H and O–H groups in total. The SMILES string of the molecule is Cc1cc(NC(=O)c2cc(-c3ccc4c(c3)OCCO4)nc3ccccc23)nn1C. The zero-order valence-corrected chi connectivity index (χ0v) is 16.7. The van der Waals surface area contributed by atoms with E-state index in [4.69, 9.17) is 14.5 Å². The van der Waals surface area contributed by atoms with Crippen molar-refractivity contribution in [3.05, 3.63) is 65.9 Å². The molecule has 2 aromatic heterocycles. The highest BCUT2D eigenvalue weighted by Crippen LogP contribution is 2.35. The van der Waals surface area contributed by atoms with E-state index in [1.54, 1.807) is 10.7 Å². The lowest BCUT2D eigenvalue weighted by Gasteiger charge is -2.19. The third kappa shape index (κ3) is 3.24. The predicted octanol–water partition coefficient (Wildman–Crippen LogP) is 3.97. The first-order valence-corrected chi connectivity index (χ1v) is 9.70. The molecule has 3 heterocycles. The number of amides is 1. The quantitative estimate of drug-likeness (QED) is 0.563. The molecule has 0 saturated heterocycles. The van der Waals surface area contributed by atoms with Crippen molar-refractivity contribution in [2.24, 2.45) is 7.05 Å². The van der Waals surface area contributed by atoms with E-state index in [-0.39, 0.29) is 5.91 Å². The van der Waals surface area contributed by atoms with E-state index in [2.05, 4.69) is 10.4 Å². The van der Waals surface area contributed by atoms with Gasteiger partial charge in [0, 0.05) is 29.8 Å². The van der Waals surface area contributed by atoms with Crippen LogP contribution in [0.2, 0.25) is 0 Å². The van der Waals surface area contributed by atoms with E-state index in [0.29, 0.717) is 41.8 Å². The predicted molar refractivity (Wildman–Crippen MR) is 114 cm³/mol. The first-order chi connectivity index (χ1) is 14.6. The van der Waals surface area contributed by atoms with Crippen LogP contribution in [-0.4, -0.2) is 33.9 Å². The van der Waals surface area contributed by atoms with Gasteiger partial charge in [0.2, 0.25) is 0 Å². The number of pyridine rings is 1. The van der Waals surface area contributed by atoms with Crippen molar-refractivity contribution >= 4 is 22.6 Å². The standard InChI is InChI=1S/C23H20N4O3/c1-14-11-22(26-27(14)2)25-23(28)17-13-19(24-18-6-4-3-5-16(17)18)15-7-8-20-21(12-15)30-10-9-29-20/h3-8,11-13H,9-10H2,1-2H3,(H,25,26,28). The van der Waals surface area contributed by atoms with Gasteiger partial charge in [-0.2, -0.15) is 5.10 Å². The van der Waals surface area contributed by atoms with Crippen LogP contribution in [0.15, 0.2) is 54.6 Å². The molecule has 1 aliphatic rings. The third-order valence-corrected chi connectivity index (χ3v) is 5.15. The summed E-state index contributed by atoms with van der Waals surface area (Å²) in [4.78, 5) is 17.9. The van der Waals surface area contributed by atoms with Gasteiger partial charge in [-0.05, 0) is 37.3 Å². The van der Waals surface area contributed by atoms with Crippen LogP contribution in [0.5, 0.6) is 11.5 Å². The van der Waals surface area contributed by atoms with Crippen LogP contribution in [0.3, 0.4) is 0 Å². The van der Waals surface area contributed by atoms with E-state index in [0.717, 1.165) is 22.2 Å². The highest BCUT2D eigenvalue weighted by molar-refractivity contribution is 6.12. The van der Waals surface area contributed by atoms with Crippen molar-refractivity contribution in [2.45, 2.75) is 6.92 Å². The number of carbonyl (C=O) groups is 1. The number of anilines is 1. The molecule has 0 bridgehead atoms. The van der Waals surface area contributed by atoms with Gasteiger partial charge in [-0.3, -0.25) is 9.48 Å². The van der Waals surface area contributed by atoms with Crippen molar-refractivity contribution < 1.29 is 14.3 Å². The van der Waals surface area contributed by atoms with Crippen molar-refractivity contribution in [3.8, 4) is 22.8 Å². The molecule has 150 valence electrons. The zero-order valence-electron chi connectivity index (χ0n) is 16.7. The Morgan fingerprint density at radius 3 is 2.63 bits per heavy atom. The topological polar surface area (TPSA) is 78.3 Å².